The van der Waals surface area contributed by atoms with Gasteiger partial charge in [0, 0.05) is 19.1 Å². The fourth-order valence-electron chi connectivity index (χ4n) is 4.31. The van der Waals surface area contributed by atoms with E-state index in [9.17, 15) is 18.0 Å². The molecule has 2 amide bonds. The predicted octanol–water partition coefficient (Wildman–Crippen LogP) is 1.50. The van der Waals surface area contributed by atoms with Crippen LogP contribution in [0.3, 0.4) is 0 Å². The third-order valence-corrected chi connectivity index (χ3v) is 6.99. The Hall–Kier alpha value is -1.93. The van der Waals surface area contributed by atoms with Gasteiger partial charge in [-0.05, 0) is 25.3 Å². The van der Waals surface area contributed by atoms with Crippen molar-refractivity contribution in [2.24, 2.45) is 0 Å². The van der Waals surface area contributed by atoms with Crippen molar-refractivity contribution in [3.05, 3.63) is 35.9 Å². The molecule has 28 heavy (non-hydrogen) atoms. The van der Waals surface area contributed by atoms with Crippen LogP contribution in [0.5, 0.6) is 0 Å². The second kappa shape index (κ2) is 8.21. The number of nitrogens with zero attached hydrogens (tertiary/aromatic N) is 2. The molecule has 1 saturated carbocycles. The van der Waals surface area contributed by atoms with Gasteiger partial charge in [-0.15, -0.1) is 0 Å². The van der Waals surface area contributed by atoms with Crippen LogP contribution in [-0.4, -0.2) is 60.4 Å². The number of hydrogen-bond donors (Lipinski definition) is 1. The van der Waals surface area contributed by atoms with Gasteiger partial charge in [0.15, 0.2) is 0 Å². The molecule has 2 fully saturated rings. The highest BCUT2D eigenvalue weighted by Crippen LogP contribution is 2.33. The second-order valence-corrected chi connectivity index (χ2v) is 10.0. The topological polar surface area (TPSA) is 86.8 Å². The summed E-state index contributed by atoms with van der Waals surface area (Å²) in [4.78, 5) is 27.9. The lowest BCUT2D eigenvalue weighted by Crippen LogP contribution is -2.71. The van der Waals surface area contributed by atoms with Crippen LogP contribution in [0, 0.1) is 0 Å². The number of carbonyl (C=O) groups is 2. The summed E-state index contributed by atoms with van der Waals surface area (Å²) in [6, 6.07) is 9.50. The van der Waals surface area contributed by atoms with Crippen molar-refractivity contribution >= 4 is 21.8 Å². The van der Waals surface area contributed by atoms with Crippen LogP contribution < -0.4 is 5.32 Å². The maximum absolute atomic E-state index is 13.2. The SMILES string of the molecule is CC1(C(=O)NCc2ccccc2)CN(S(C)(=O)=O)CC(=O)N1C1CCCCC1. The summed E-state index contributed by atoms with van der Waals surface area (Å²) in [6.07, 6.45) is 5.96. The molecule has 1 N–H and O–H groups in total. The summed E-state index contributed by atoms with van der Waals surface area (Å²) >= 11 is 0. The molecule has 3 rings (SSSR count). The van der Waals surface area contributed by atoms with Gasteiger partial charge in [-0.1, -0.05) is 49.6 Å². The molecule has 0 spiro atoms. The molecule has 8 heteroatoms. The molecule has 2 aliphatic rings. The molecule has 0 aromatic heterocycles. The number of carbonyl (C=O) groups excluding carboxylic acids is 2. The first kappa shape index (κ1) is 20.8. The zero-order valence-corrected chi connectivity index (χ0v) is 17.4. The van der Waals surface area contributed by atoms with E-state index in [2.05, 4.69) is 5.32 Å². The largest absolute Gasteiger partial charge is 0.350 e. The van der Waals surface area contributed by atoms with Gasteiger partial charge in [-0.2, -0.15) is 4.31 Å². The number of hydrogen-bond acceptors (Lipinski definition) is 4. The van der Waals surface area contributed by atoms with E-state index in [1.807, 2.05) is 30.3 Å². The van der Waals surface area contributed by atoms with E-state index < -0.39 is 15.6 Å². The van der Waals surface area contributed by atoms with E-state index >= 15 is 0 Å². The minimum absolute atomic E-state index is 0.0181. The zero-order valence-electron chi connectivity index (χ0n) is 16.6. The van der Waals surface area contributed by atoms with Crippen LogP contribution in [0.25, 0.3) is 0 Å². The molecule has 0 bridgehead atoms. The summed E-state index contributed by atoms with van der Waals surface area (Å²) in [7, 11) is -3.58. The Morgan fingerprint density at radius 2 is 1.82 bits per heavy atom. The average molecular weight is 408 g/mol. The summed E-state index contributed by atoms with van der Waals surface area (Å²) < 4.78 is 25.4. The van der Waals surface area contributed by atoms with Crippen molar-refractivity contribution in [1.82, 2.24) is 14.5 Å². The van der Waals surface area contributed by atoms with Crippen LogP contribution >= 0.6 is 0 Å². The first-order chi connectivity index (χ1) is 13.2. The highest BCUT2D eigenvalue weighted by atomic mass is 32.2. The number of rotatable bonds is 5. The van der Waals surface area contributed by atoms with Gasteiger partial charge in [0.1, 0.15) is 5.54 Å². The summed E-state index contributed by atoms with van der Waals surface area (Å²) in [5.74, 6) is -0.607. The quantitative estimate of drug-likeness (QED) is 0.801. The second-order valence-electron chi connectivity index (χ2n) is 8.03. The molecular formula is C20H29N3O4S. The Kier molecular flexibility index (Phi) is 6.09. The Bertz CT molecular complexity index is 821. The monoisotopic (exact) mass is 407 g/mol. The van der Waals surface area contributed by atoms with E-state index in [-0.39, 0.29) is 30.9 Å². The lowest BCUT2D eigenvalue weighted by atomic mass is 9.87. The van der Waals surface area contributed by atoms with E-state index in [0.29, 0.717) is 6.54 Å². The number of piperazine rings is 1. The highest BCUT2D eigenvalue weighted by molar-refractivity contribution is 7.88. The molecule has 7 nitrogen and oxygen atoms in total. The fraction of sp³-hybridized carbons (Fsp3) is 0.600. The summed E-state index contributed by atoms with van der Waals surface area (Å²) in [6.45, 7) is 1.81. The summed E-state index contributed by atoms with van der Waals surface area (Å²) in [5, 5.41) is 2.92. The molecule has 1 aliphatic carbocycles. The Labute approximate surface area is 167 Å². The Morgan fingerprint density at radius 1 is 1.18 bits per heavy atom. The van der Waals surface area contributed by atoms with Crippen molar-refractivity contribution < 1.29 is 18.0 Å². The molecule has 1 aliphatic heterocycles. The third-order valence-electron chi connectivity index (χ3n) is 5.79. The number of sulfonamides is 1. The minimum atomic E-state index is -3.58. The molecular weight excluding hydrogens is 378 g/mol. The smallest absolute Gasteiger partial charge is 0.247 e. The van der Waals surface area contributed by atoms with Gasteiger partial charge >= 0.3 is 0 Å². The minimum Gasteiger partial charge on any atom is -0.350 e. The van der Waals surface area contributed by atoms with Gasteiger partial charge < -0.3 is 10.2 Å². The molecule has 0 radical (unpaired) electrons. The van der Waals surface area contributed by atoms with E-state index in [1.165, 1.54) is 0 Å². The zero-order chi connectivity index (χ0) is 20.4. The molecule has 1 aromatic rings. The normalized spacial score (nSPS) is 24.9. The lowest BCUT2D eigenvalue weighted by Gasteiger charge is -2.50. The number of benzene rings is 1. The van der Waals surface area contributed by atoms with Gasteiger partial charge in [0.05, 0.1) is 12.8 Å². The van der Waals surface area contributed by atoms with Crippen LogP contribution in [0.1, 0.15) is 44.6 Å². The standard InChI is InChI=1S/C20H29N3O4S/c1-20(19(25)21-13-16-9-5-3-6-10-16)15-22(28(2,26)27)14-18(24)23(20)17-11-7-4-8-12-17/h3,5-6,9-10,17H,4,7-8,11-15H2,1-2H3,(H,21,25). The van der Waals surface area contributed by atoms with Gasteiger partial charge in [0.2, 0.25) is 21.8 Å². The van der Waals surface area contributed by atoms with Crippen molar-refractivity contribution in [1.29, 1.82) is 0 Å². The van der Waals surface area contributed by atoms with Crippen molar-refractivity contribution in [3.8, 4) is 0 Å². The van der Waals surface area contributed by atoms with E-state index in [4.69, 9.17) is 0 Å². The maximum Gasteiger partial charge on any atom is 0.247 e. The molecule has 1 unspecified atom stereocenters. The number of amides is 2. The molecule has 154 valence electrons. The van der Waals surface area contributed by atoms with Crippen molar-refractivity contribution in [3.63, 3.8) is 0 Å². The Morgan fingerprint density at radius 3 is 2.43 bits per heavy atom. The molecule has 1 heterocycles. The van der Waals surface area contributed by atoms with E-state index in [1.54, 1.807) is 11.8 Å². The molecule has 1 saturated heterocycles. The summed E-state index contributed by atoms with van der Waals surface area (Å²) in [5.41, 5.74) is -0.277. The first-order valence-corrected chi connectivity index (χ1v) is 11.7. The van der Waals surface area contributed by atoms with E-state index in [0.717, 1.165) is 48.2 Å². The number of nitrogens with one attached hydrogen (secondary N) is 1. The predicted molar refractivity (Wildman–Crippen MR) is 107 cm³/mol. The van der Waals surface area contributed by atoms with Crippen LogP contribution in [0.2, 0.25) is 0 Å². The average Bonchev–Trinajstić information content (AvgIpc) is 2.66. The van der Waals surface area contributed by atoms with Crippen molar-refractivity contribution in [2.45, 2.75) is 57.2 Å². The van der Waals surface area contributed by atoms with Crippen LogP contribution in [-0.2, 0) is 26.2 Å². The lowest BCUT2D eigenvalue weighted by molar-refractivity contribution is -0.157. The van der Waals surface area contributed by atoms with Crippen molar-refractivity contribution in [2.75, 3.05) is 19.3 Å². The maximum atomic E-state index is 13.2. The molecule has 1 aromatic carbocycles. The fourth-order valence-corrected chi connectivity index (χ4v) is 5.14. The van der Waals surface area contributed by atoms with Gasteiger partial charge in [-0.3, -0.25) is 9.59 Å². The van der Waals surface area contributed by atoms with Crippen LogP contribution in [0.4, 0.5) is 0 Å². The first-order valence-electron chi connectivity index (χ1n) is 9.81. The molecule has 1 atom stereocenters. The third kappa shape index (κ3) is 4.38. The van der Waals surface area contributed by atoms with Gasteiger partial charge in [0.25, 0.3) is 0 Å². The Balaban J connectivity index is 1.86. The van der Waals surface area contributed by atoms with Crippen LogP contribution in [0.15, 0.2) is 30.3 Å². The highest BCUT2D eigenvalue weighted by Gasteiger charge is 2.51. The van der Waals surface area contributed by atoms with Gasteiger partial charge in [-0.25, -0.2) is 8.42 Å².